The normalized spacial score (nSPS) is 14.7. The van der Waals surface area contributed by atoms with Gasteiger partial charge >= 0.3 is 0 Å². The average molecular weight is 264 g/mol. The number of nitrogens with one attached hydrogen (secondary N) is 1. The topological polar surface area (TPSA) is 33.7 Å². The Balaban J connectivity index is 1.56. The quantitative estimate of drug-likeness (QED) is 0.737. The van der Waals surface area contributed by atoms with Crippen molar-refractivity contribution in [2.45, 2.75) is 18.9 Å². The molecule has 1 aliphatic carbocycles. The minimum atomic E-state index is 0.715. The van der Waals surface area contributed by atoms with Crippen molar-refractivity contribution in [2.24, 2.45) is 0 Å². The maximum atomic E-state index is 5.70. The van der Waals surface area contributed by atoms with Crippen LogP contribution in [0.25, 0.3) is 0 Å². The van der Waals surface area contributed by atoms with Gasteiger partial charge in [0.2, 0.25) is 0 Å². The molecule has 1 aliphatic rings. The molecule has 106 valence electrons. The smallest absolute Gasteiger partial charge is 0.119 e. The Kier molecular flexibility index (Phi) is 5.48. The number of likely N-dealkylation sites (N-methyl/N-ethyl adjacent to an activating group) is 1. The van der Waals surface area contributed by atoms with E-state index in [0.29, 0.717) is 6.61 Å². The van der Waals surface area contributed by atoms with E-state index >= 15 is 0 Å². The number of benzene rings is 1. The zero-order chi connectivity index (χ0) is 13.5. The predicted molar refractivity (Wildman–Crippen MR) is 77.0 cm³/mol. The Hall–Kier alpha value is -1.26. The van der Waals surface area contributed by atoms with Crippen LogP contribution < -0.4 is 14.8 Å². The standard InChI is InChI=1S/C15H24N2O2/c1-17(10-9-16-13-3-4-13)11-12-19-15-7-5-14(18-2)6-8-15/h5-8,13,16H,3-4,9-12H2,1-2H3. The monoisotopic (exact) mass is 264 g/mol. The Morgan fingerprint density at radius 3 is 2.47 bits per heavy atom. The minimum absolute atomic E-state index is 0.715. The molecule has 4 nitrogen and oxygen atoms in total. The van der Waals surface area contributed by atoms with E-state index in [9.17, 15) is 0 Å². The summed E-state index contributed by atoms with van der Waals surface area (Å²) in [6, 6.07) is 8.50. The summed E-state index contributed by atoms with van der Waals surface area (Å²) in [7, 11) is 3.80. The van der Waals surface area contributed by atoms with Crippen LogP contribution in [0.1, 0.15) is 12.8 Å². The first kappa shape index (κ1) is 14.2. The summed E-state index contributed by atoms with van der Waals surface area (Å²) in [4.78, 5) is 2.29. The highest BCUT2D eigenvalue weighted by Gasteiger charge is 2.19. The molecule has 0 spiro atoms. The molecule has 0 atom stereocenters. The number of hydrogen-bond donors (Lipinski definition) is 1. The van der Waals surface area contributed by atoms with Crippen LogP contribution in [0.4, 0.5) is 0 Å². The van der Waals surface area contributed by atoms with Gasteiger partial charge in [-0.15, -0.1) is 0 Å². The molecule has 0 radical (unpaired) electrons. The number of ether oxygens (including phenoxy) is 2. The zero-order valence-corrected chi connectivity index (χ0v) is 11.9. The van der Waals surface area contributed by atoms with E-state index in [1.807, 2.05) is 24.3 Å². The van der Waals surface area contributed by atoms with Crippen molar-refractivity contribution in [2.75, 3.05) is 40.4 Å². The van der Waals surface area contributed by atoms with Gasteiger partial charge in [-0.1, -0.05) is 0 Å². The molecule has 2 rings (SSSR count). The first-order valence-electron chi connectivity index (χ1n) is 6.96. The van der Waals surface area contributed by atoms with E-state index in [1.54, 1.807) is 7.11 Å². The Bertz CT molecular complexity index is 363. The van der Waals surface area contributed by atoms with Crippen molar-refractivity contribution in [3.05, 3.63) is 24.3 Å². The first-order valence-corrected chi connectivity index (χ1v) is 6.96. The summed E-state index contributed by atoms with van der Waals surface area (Å²) in [6.45, 7) is 3.80. The van der Waals surface area contributed by atoms with Gasteiger partial charge in [-0.25, -0.2) is 0 Å². The summed E-state index contributed by atoms with van der Waals surface area (Å²) in [6.07, 6.45) is 2.70. The molecule has 19 heavy (non-hydrogen) atoms. The van der Waals surface area contributed by atoms with Crippen molar-refractivity contribution in [3.8, 4) is 11.5 Å². The molecule has 1 N–H and O–H groups in total. The van der Waals surface area contributed by atoms with Gasteiger partial charge in [-0.05, 0) is 44.2 Å². The highest BCUT2D eigenvalue weighted by molar-refractivity contribution is 5.31. The van der Waals surface area contributed by atoms with Gasteiger partial charge in [0.1, 0.15) is 18.1 Å². The maximum absolute atomic E-state index is 5.70. The molecule has 4 heteroatoms. The highest BCUT2D eigenvalue weighted by Crippen LogP contribution is 2.18. The predicted octanol–water partition coefficient (Wildman–Crippen LogP) is 1.76. The van der Waals surface area contributed by atoms with Crippen LogP contribution in [0.5, 0.6) is 11.5 Å². The SMILES string of the molecule is COc1ccc(OCCN(C)CCNC2CC2)cc1. The molecule has 0 unspecified atom stereocenters. The van der Waals surface area contributed by atoms with Gasteiger partial charge in [0.05, 0.1) is 7.11 Å². The summed E-state index contributed by atoms with van der Waals surface area (Å²) < 4.78 is 10.8. The molecular formula is C15H24N2O2. The third kappa shape index (κ3) is 5.49. The van der Waals surface area contributed by atoms with Crippen molar-refractivity contribution in [3.63, 3.8) is 0 Å². The third-order valence-electron chi connectivity index (χ3n) is 3.31. The number of rotatable bonds is 9. The molecular weight excluding hydrogens is 240 g/mol. The molecule has 1 fully saturated rings. The fourth-order valence-corrected chi connectivity index (χ4v) is 1.85. The molecule has 1 aromatic carbocycles. The lowest BCUT2D eigenvalue weighted by Crippen LogP contribution is -2.32. The first-order chi connectivity index (χ1) is 9.28. The van der Waals surface area contributed by atoms with Crippen molar-refractivity contribution >= 4 is 0 Å². The van der Waals surface area contributed by atoms with E-state index < -0.39 is 0 Å². The summed E-state index contributed by atoms with van der Waals surface area (Å²) >= 11 is 0. The highest BCUT2D eigenvalue weighted by atomic mass is 16.5. The van der Waals surface area contributed by atoms with E-state index in [0.717, 1.165) is 37.2 Å². The summed E-state index contributed by atoms with van der Waals surface area (Å²) in [5, 5.41) is 3.51. The summed E-state index contributed by atoms with van der Waals surface area (Å²) in [5.41, 5.74) is 0. The molecule has 0 saturated heterocycles. The van der Waals surface area contributed by atoms with E-state index in [-0.39, 0.29) is 0 Å². The fourth-order valence-electron chi connectivity index (χ4n) is 1.85. The molecule has 1 saturated carbocycles. The van der Waals surface area contributed by atoms with Gasteiger partial charge in [0, 0.05) is 25.7 Å². The van der Waals surface area contributed by atoms with E-state index in [1.165, 1.54) is 12.8 Å². The van der Waals surface area contributed by atoms with Crippen LogP contribution in [0, 0.1) is 0 Å². The van der Waals surface area contributed by atoms with Gasteiger partial charge in [0.25, 0.3) is 0 Å². The second-order valence-electron chi connectivity index (χ2n) is 5.06. The van der Waals surface area contributed by atoms with Crippen molar-refractivity contribution in [1.29, 1.82) is 0 Å². The lowest BCUT2D eigenvalue weighted by atomic mass is 10.3. The average Bonchev–Trinajstić information content (AvgIpc) is 3.24. The van der Waals surface area contributed by atoms with E-state index in [4.69, 9.17) is 9.47 Å². The second kappa shape index (κ2) is 7.36. The number of hydrogen-bond acceptors (Lipinski definition) is 4. The fraction of sp³-hybridized carbons (Fsp3) is 0.600. The van der Waals surface area contributed by atoms with Crippen molar-refractivity contribution < 1.29 is 9.47 Å². The van der Waals surface area contributed by atoms with Crippen LogP contribution in [-0.4, -0.2) is 51.3 Å². The molecule has 0 aromatic heterocycles. The molecule has 0 aliphatic heterocycles. The molecule has 1 aromatic rings. The zero-order valence-electron chi connectivity index (χ0n) is 11.9. The number of nitrogens with zero attached hydrogens (tertiary/aromatic N) is 1. The van der Waals surface area contributed by atoms with Crippen LogP contribution in [0.3, 0.4) is 0 Å². The van der Waals surface area contributed by atoms with Gasteiger partial charge in [-0.3, -0.25) is 0 Å². The maximum Gasteiger partial charge on any atom is 0.119 e. The molecule has 0 bridgehead atoms. The Morgan fingerprint density at radius 2 is 1.84 bits per heavy atom. The number of methoxy groups -OCH3 is 1. The van der Waals surface area contributed by atoms with Crippen LogP contribution >= 0.6 is 0 Å². The van der Waals surface area contributed by atoms with Crippen LogP contribution in [0.2, 0.25) is 0 Å². The minimum Gasteiger partial charge on any atom is -0.497 e. The van der Waals surface area contributed by atoms with Crippen LogP contribution in [-0.2, 0) is 0 Å². The van der Waals surface area contributed by atoms with Gasteiger partial charge < -0.3 is 19.7 Å². The van der Waals surface area contributed by atoms with Crippen LogP contribution in [0.15, 0.2) is 24.3 Å². The second-order valence-corrected chi connectivity index (χ2v) is 5.06. The van der Waals surface area contributed by atoms with Gasteiger partial charge in [0.15, 0.2) is 0 Å². The van der Waals surface area contributed by atoms with Gasteiger partial charge in [-0.2, -0.15) is 0 Å². The summed E-state index contributed by atoms with van der Waals surface area (Å²) in [5.74, 6) is 1.75. The Morgan fingerprint density at radius 1 is 1.16 bits per heavy atom. The van der Waals surface area contributed by atoms with Crippen molar-refractivity contribution in [1.82, 2.24) is 10.2 Å². The lowest BCUT2D eigenvalue weighted by molar-refractivity contribution is 0.237. The lowest BCUT2D eigenvalue weighted by Gasteiger charge is -2.17. The third-order valence-corrected chi connectivity index (χ3v) is 3.31. The Labute approximate surface area is 115 Å². The molecule has 0 heterocycles. The van der Waals surface area contributed by atoms with E-state index in [2.05, 4.69) is 17.3 Å². The molecule has 0 amide bonds. The largest absolute Gasteiger partial charge is 0.497 e.